The third-order valence-electron chi connectivity index (χ3n) is 3.19. The molecular formula is C16H17F2N3O. The number of hydrogen-bond donors (Lipinski definition) is 1. The number of carbonyl (C=O) groups is 1. The molecule has 1 N–H and O–H groups in total. The number of nitrogens with zero attached hydrogens (tertiary/aromatic N) is 2. The Balaban J connectivity index is 2.10. The quantitative estimate of drug-likeness (QED) is 0.923. The lowest BCUT2D eigenvalue weighted by Crippen LogP contribution is -2.33. The van der Waals surface area contributed by atoms with Gasteiger partial charge in [-0.25, -0.2) is 8.78 Å². The summed E-state index contributed by atoms with van der Waals surface area (Å²) < 4.78 is 27.1. The number of carbonyl (C=O) groups excluding carboxylic acids is 1. The Morgan fingerprint density at radius 3 is 2.55 bits per heavy atom. The fourth-order valence-electron chi connectivity index (χ4n) is 2.08. The molecule has 0 unspecified atom stereocenters. The van der Waals surface area contributed by atoms with Gasteiger partial charge in [0.25, 0.3) is 0 Å². The lowest BCUT2D eigenvalue weighted by molar-refractivity contribution is -0.115. The number of rotatable bonds is 5. The molecule has 0 aliphatic heterocycles. The van der Waals surface area contributed by atoms with Gasteiger partial charge in [0.15, 0.2) is 0 Å². The molecule has 1 amide bonds. The van der Waals surface area contributed by atoms with Crippen LogP contribution in [0, 0.1) is 18.6 Å². The molecule has 0 saturated heterocycles. The second-order valence-corrected chi connectivity index (χ2v) is 4.81. The van der Waals surface area contributed by atoms with Gasteiger partial charge in [0.1, 0.15) is 17.3 Å². The van der Waals surface area contributed by atoms with Gasteiger partial charge in [0.05, 0.1) is 6.54 Å². The molecule has 1 heterocycles. The highest BCUT2D eigenvalue weighted by atomic mass is 19.1. The van der Waals surface area contributed by atoms with E-state index in [1.807, 2.05) is 19.9 Å². The minimum atomic E-state index is -0.795. The number of likely N-dealkylation sites (N-methyl/N-ethyl adjacent to an activating group) is 1. The van der Waals surface area contributed by atoms with Gasteiger partial charge in [-0.3, -0.25) is 9.78 Å². The number of aromatic nitrogens is 1. The van der Waals surface area contributed by atoms with Crippen LogP contribution in [0.3, 0.4) is 0 Å². The van der Waals surface area contributed by atoms with Gasteiger partial charge in [-0.05, 0) is 38.1 Å². The second-order valence-electron chi connectivity index (χ2n) is 4.81. The smallest absolute Gasteiger partial charge is 0.244 e. The van der Waals surface area contributed by atoms with Crippen molar-refractivity contribution >= 4 is 17.3 Å². The van der Waals surface area contributed by atoms with E-state index in [0.29, 0.717) is 6.54 Å². The van der Waals surface area contributed by atoms with Gasteiger partial charge in [-0.1, -0.05) is 6.07 Å². The molecule has 4 nitrogen and oxygen atoms in total. The summed E-state index contributed by atoms with van der Waals surface area (Å²) in [6.45, 7) is 4.32. The Bertz CT molecular complexity index is 656. The van der Waals surface area contributed by atoms with E-state index in [-0.39, 0.29) is 6.54 Å². The molecule has 0 saturated carbocycles. The molecule has 0 aliphatic rings. The molecule has 0 fully saturated rings. The maximum absolute atomic E-state index is 13.5. The molecule has 0 bridgehead atoms. The highest BCUT2D eigenvalue weighted by Crippen LogP contribution is 2.19. The number of amides is 1. The molecule has 0 aliphatic carbocycles. The number of aryl methyl sites for hydroxylation is 1. The molecule has 2 rings (SSSR count). The van der Waals surface area contributed by atoms with E-state index in [2.05, 4.69) is 10.3 Å². The minimum Gasteiger partial charge on any atom is -0.362 e. The van der Waals surface area contributed by atoms with Gasteiger partial charge in [0, 0.05) is 24.1 Å². The summed E-state index contributed by atoms with van der Waals surface area (Å²) in [4.78, 5) is 17.9. The third kappa shape index (κ3) is 3.78. The summed E-state index contributed by atoms with van der Waals surface area (Å²) in [6.07, 6.45) is 1.65. The summed E-state index contributed by atoms with van der Waals surface area (Å²) in [7, 11) is 0. The number of nitrogens with one attached hydrogen (secondary N) is 1. The van der Waals surface area contributed by atoms with Crippen LogP contribution in [0.25, 0.3) is 0 Å². The first kappa shape index (κ1) is 15.9. The van der Waals surface area contributed by atoms with Crippen molar-refractivity contribution < 1.29 is 13.6 Å². The summed E-state index contributed by atoms with van der Waals surface area (Å²) in [6, 6.07) is 7.08. The fourth-order valence-corrected chi connectivity index (χ4v) is 2.08. The number of halogens is 2. The molecule has 6 heteroatoms. The van der Waals surface area contributed by atoms with Crippen LogP contribution in [-0.4, -0.2) is 24.0 Å². The van der Waals surface area contributed by atoms with E-state index in [0.717, 1.165) is 23.5 Å². The first-order chi connectivity index (χ1) is 10.5. The average molecular weight is 305 g/mol. The lowest BCUT2D eigenvalue weighted by atomic mass is 10.2. The van der Waals surface area contributed by atoms with Gasteiger partial charge >= 0.3 is 0 Å². The van der Waals surface area contributed by atoms with Crippen molar-refractivity contribution in [1.82, 2.24) is 4.98 Å². The Hall–Kier alpha value is -2.50. The van der Waals surface area contributed by atoms with Crippen LogP contribution in [0.4, 0.5) is 20.2 Å². The zero-order chi connectivity index (χ0) is 16.1. The van der Waals surface area contributed by atoms with E-state index in [1.165, 1.54) is 6.07 Å². The SMILES string of the molecule is CCN(CC(=O)Nc1c(F)cccc1F)c1ccnc(C)c1. The van der Waals surface area contributed by atoms with Crippen molar-refractivity contribution in [3.63, 3.8) is 0 Å². The molecule has 116 valence electrons. The van der Waals surface area contributed by atoms with Crippen molar-refractivity contribution in [2.24, 2.45) is 0 Å². The number of para-hydroxylation sites is 1. The zero-order valence-electron chi connectivity index (χ0n) is 12.4. The summed E-state index contributed by atoms with van der Waals surface area (Å²) in [5.74, 6) is -2.08. The van der Waals surface area contributed by atoms with E-state index >= 15 is 0 Å². The largest absolute Gasteiger partial charge is 0.362 e. The molecule has 22 heavy (non-hydrogen) atoms. The van der Waals surface area contributed by atoms with Crippen LogP contribution in [0.5, 0.6) is 0 Å². The Morgan fingerprint density at radius 1 is 1.27 bits per heavy atom. The molecule has 1 aromatic heterocycles. The van der Waals surface area contributed by atoms with Crippen molar-refractivity contribution in [3.8, 4) is 0 Å². The predicted octanol–water partition coefficient (Wildman–Crippen LogP) is 3.13. The highest BCUT2D eigenvalue weighted by Gasteiger charge is 2.15. The van der Waals surface area contributed by atoms with E-state index < -0.39 is 23.2 Å². The summed E-state index contributed by atoms with van der Waals surface area (Å²) in [5, 5.41) is 2.28. The molecule has 1 aromatic carbocycles. The van der Waals surface area contributed by atoms with Crippen LogP contribution >= 0.6 is 0 Å². The minimum absolute atomic E-state index is 0.00622. The first-order valence-electron chi connectivity index (χ1n) is 6.92. The Kier molecular flexibility index (Phi) is 5.04. The normalized spacial score (nSPS) is 10.4. The van der Waals surface area contributed by atoms with Gasteiger partial charge in [-0.15, -0.1) is 0 Å². The van der Waals surface area contributed by atoms with Crippen LogP contribution in [0.1, 0.15) is 12.6 Å². The molecular weight excluding hydrogens is 288 g/mol. The fraction of sp³-hybridized carbons (Fsp3) is 0.250. The second kappa shape index (κ2) is 6.98. The maximum atomic E-state index is 13.5. The average Bonchev–Trinajstić information content (AvgIpc) is 2.48. The summed E-state index contributed by atoms with van der Waals surface area (Å²) in [5.41, 5.74) is 1.24. The number of pyridine rings is 1. The van der Waals surface area contributed by atoms with Crippen molar-refractivity contribution in [1.29, 1.82) is 0 Å². The van der Waals surface area contributed by atoms with Crippen LogP contribution in [0.2, 0.25) is 0 Å². The highest BCUT2D eigenvalue weighted by molar-refractivity contribution is 5.94. The molecule has 0 atom stereocenters. The maximum Gasteiger partial charge on any atom is 0.244 e. The van der Waals surface area contributed by atoms with Crippen molar-refractivity contribution in [3.05, 3.63) is 53.9 Å². The van der Waals surface area contributed by atoms with Crippen molar-refractivity contribution in [2.75, 3.05) is 23.3 Å². The van der Waals surface area contributed by atoms with Crippen LogP contribution < -0.4 is 10.2 Å². The first-order valence-corrected chi connectivity index (χ1v) is 6.92. The molecule has 0 radical (unpaired) electrons. The number of benzene rings is 1. The Morgan fingerprint density at radius 2 is 1.95 bits per heavy atom. The lowest BCUT2D eigenvalue weighted by Gasteiger charge is -2.22. The monoisotopic (exact) mass is 305 g/mol. The molecule has 0 spiro atoms. The van der Waals surface area contributed by atoms with E-state index in [1.54, 1.807) is 17.2 Å². The van der Waals surface area contributed by atoms with E-state index in [9.17, 15) is 13.6 Å². The zero-order valence-corrected chi connectivity index (χ0v) is 12.4. The molecule has 2 aromatic rings. The number of hydrogen-bond acceptors (Lipinski definition) is 3. The predicted molar refractivity (Wildman–Crippen MR) is 81.8 cm³/mol. The summed E-state index contributed by atoms with van der Waals surface area (Å²) >= 11 is 0. The van der Waals surface area contributed by atoms with Gasteiger partial charge in [0.2, 0.25) is 5.91 Å². The number of anilines is 2. The Labute approximate surface area is 127 Å². The van der Waals surface area contributed by atoms with Gasteiger partial charge < -0.3 is 10.2 Å². The van der Waals surface area contributed by atoms with Crippen molar-refractivity contribution in [2.45, 2.75) is 13.8 Å². The standard InChI is InChI=1S/C16H17F2N3O/c1-3-21(12-7-8-19-11(2)9-12)10-15(22)20-16-13(17)5-4-6-14(16)18/h4-9H,3,10H2,1-2H3,(H,20,22). The van der Waals surface area contributed by atoms with Crippen LogP contribution in [-0.2, 0) is 4.79 Å². The van der Waals surface area contributed by atoms with Gasteiger partial charge in [-0.2, -0.15) is 0 Å². The van der Waals surface area contributed by atoms with Crippen LogP contribution in [0.15, 0.2) is 36.5 Å². The topological polar surface area (TPSA) is 45.2 Å². The van der Waals surface area contributed by atoms with E-state index in [4.69, 9.17) is 0 Å². The third-order valence-corrected chi connectivity index (χ3v) is 3.19.